The minimum absolute atomic E-state index is 0.177. The van der Waals surface area contributed by atoms with Gasteiger partial charge in [0, 0.05) is 20.1 Å². The molecule has 100 valence electrons. The molecule has 0 aliphatic carbocycles. The fourth-order valence-corrected chi connectivity index (χ4v) is 1.37. The van der Waals surface area contributed by atoms with Crippen LogP contribution in [0.2, 0.25) is 0 Å². The van der Waals surface area contributed by atoms with Gasteiger partial charge in [-0.05, 0) is 6.92 Å². The number of amides is 3. The first kappa shape index (κ1) is 15.8. The van der Waals surface area contributed by atoms with Gasteiger partial charge in [-0.15, -0.1) is 0 Å². The molecule has 8 nitrogen and oxygen atoms in total. The molecule has 0 aromatic carbocycles. The van der Waals surface area contributed by atoms with Crippen molar-refractivity contribution in [1.82, 2.24) is 20.7 Å². The number of nitrogens with one attached hydrogen (secondary N) is 4. The average Bonchev–Trinajstić information content (AvgIpc) is 2.22. The van der Waals surface area contributed by atoms with Gasteiger partial charge in [-0.2, -0.15) is 0 Å². The lowest BCUT2D eigenvalue weighted by Gasteiger charge is -2.13. The summed E-state index contributed by atoms with van der Waals surface area (Å²) in [6.45, 7) is 2.03. The molecule has 0 rings (SSSR count). The second-order valence-electron chi connectivity index (χ2n) is 3.41. The highest BCUT2D eigenvalue weighted by Gasteiger charge is 2.14. The van der Waals surface area contributed by atoms with E-state index in [4.69, 9.17) is 0 Å². The van der Waals surface area contributed by atoms with Gasteiger partial charge in [0.2, 0.25) is 15.9 Å². The van der Waals surface area contributed by atoms with E-state index in [-0.39, 0.29) is 13.1 Å². The molecular weight excluding hydrogens is 248 g/mol. The third-order valence-electron chi connectivity index (χ3n) is 1.80. The third kappa shape index (κ3) is 8.60. The van der Waals surface area contributed by atoms with E-state index in [1.54, 1.807) is 6.92 Å². The zero-order valence-corrected chi connectivity index (χ0v) is 10.8. The maximum Gasteiger partial charge on any atom is 0.321 e. The Hall–Kier alpha value is -1.19. The number of carbonyl (C=O) groups is 2. The Bertz CT molecular complexity index is 368. The lowest BCUT2D eigenvalue weighted by Crippen LogP contribution is -2.48. The topological polar surface area (TPSA) is 116 Å². The summed E-state index contributed by atoms with van der Waals surface area (Å²) in [5.41, 5.74) is 0. The second kappa shape index (κ2) is 7.20. The van der Waals surface area contributed by atoms with E-state index >= 15 is 0 Å². The Morgan fingerprint density at radius 1 is 1.24 bits per heavy atom. The lowest BCUT2D eigenvalue weighted by atomic mass is 10.3. The summed E-state index contributed by atoms with van der Waals surface area (Å²) in [6.07, 6.45) is 1.05. The van der Waals surface area contributed by atoms with Crippen LogP contribution in [-0.4, -0.2) is 52.8 Å². The van der Waals surface area contributed by atoms with Crippen LogP contribution >= 0.6 is 0 Å². The smallest absolute Gasteiger partial charge is 0.321 e. The number of imide groups is 1. The molecular formula is C8H18N4O4S. The number of urea groups is 1. The molecule has 0 saturated heterocycles. The number of hydrogen-bond acceptors (Lipinski definition) is 5. The van der Waals surface area contributed by atoms with Crippen LogP contribution in [0.1, 0.15) is 6.92 Å². The molecule has 1 atom stereocenters. The van der Waals surface area contributed by atoms with Gasteiger partial charge in [0.25, 0.3) is 0 Å². The van der Waals surface area contributed by atoms with Gasteiger partial charge in [-0.1, -0.05) is 0 Å². The van der Waals surface area contributed by atoms with Gasteiger partial charge in [0.15, 0.2) is 0 Å². The van der Waals surface area contributed by atoms with Crippen LogP contribution in [0.5, 0.6) is 0 Å². The van der Waals surface area contributed by atoms with Crippen molar-refractivity contribution >= 4 is 22.0 Å². The van der Waals surface area contributed by atoms with Gasteiger partial charge in [-0.3, -0.25) is 10.1 Å². The Balaban J connectivity index is 3.82. The highest BCUT2D eigenvalue weighted by molar-refractivity contribution is 7.88. The van der Waals surface area contributed by atoms with Crippen molar-refractivity contribution < 1.29 is 18.0 Å². The first-order valence-electron chi connectivity index (χ1n) is 4.97. The summed E-state index contributed by atoms with van der Waals surface area (Å²) in [6, 6.07) is -1.17. The van der Waals surface area contributed by atoms with E-state index in [1.165, 1.54) is 7.05 Å². The molecule has 0 spiro atoms. The normalized spacial score (nSPS) is 12.9. The van der Waals surface area contributed by atoms with Gasteiger partial charge < -0.3 is 10.6 Å². The van der Waals surface area contributed by atoms with Crippen molar-refractivity contribution in [2.45, 2.75) is 13.0 Å². The van der Waals surface area contributed by atoms with Crippen molar-refractivity contribution in [2.75, 3.05) is 26.4 Å². The Morgan fingerprint density at radius 3 is 2.29 bits per heavy atom. The van der Waals surface area contributed by atoms with Crippen LogP contribution in [0.3, 0.4) is 0 Å². The molecule has 9 heteroatoms. The highest BCUT2D eigenvalue weighted by atomic mass is 32.2. The van der Waals surface area contributed by atoms with E-state index in [0.29, 0.717) is 0 Å². The first-order chi connectivity index (χ1) is 7.76. The van der Waals surface area contributed by atoms with E-state index in [0.717, 1.165) is 6.26 Å². The summed E-state index contributed by atoms with van der Waals surface area (Å²) < 4.78 is 23.7. The van der Waals surface area contributed by atoms with Crippen molar-refractivity contribution in [3.63, 3.8) is 0 Å². The predicted molar refractivity (Wildman–Crippen MR) is 62.9 cm³/mol. The maximum atomic E-state index is 11.3. The summed E-state index contributed by atoms with van der Waals surface area (Å²) in [7, 11) is -1.82. The molecule has 0 aromatic rings. The largest absolute Gasteiger partial charge is 0.341 e. The zero-order valence-electron chi connectivity index (χ0n) is 10.0. The first-order valence-corrected chi connectivity index (χ1v) is 6.86. The average molecular weight is 266 g/mol. The van der Waals surface area contributed by atoms with E-state index in [9.17, 15) is 18.0 Å². The molecule has 1 unspecified atom stereocenters. The van der Waals surface area contributed by atoms with Crippen LogP contribution in [0.25, 0.3) is 0 Å². The molecule has 0 aliphatic rings. The molecule has 0 heterocycles. The molecule has 0 aliphatic heterocycles. The summed E-state index contributed by atoms with van der Waals surface area (Å²) in [5.74, 6) is -0.483. The van der Waals surface area contributed by atoms with Gasteiger partial charge in [0.1, 0.15) is 0 Å². The summed E-state index contributed by atoms with van der Waals surface area (Å²) >= 11 is 0. The van der Waals surface area contributed by atoms with Crippen LogP contribution in [0.15, 0.2) is 0 Å². The maximum absolute atomic E-state index is 11.3. The number of hydrogen-bond donors (Lipinski definition) is 4. The van der Waals surface area contributed by atoms with Crippen molar-refractivity contribution in [3.8, 4) is 0 Å². The van der Waals surface area contributed by atoms with Gasteiger partial charge >= 0.3 is 6.03 Å². The minimum Gasteiger partial charge on any atom is -0.341 e. The monoisotopic (exact) mass is 266 g/mol. The number of sulfonamides is 1. The van der Waals surface area contributed by atoms with E-state index in [2.05, 4.69) is 20.7 Å². The molecule has 17 heavy (non-hydrogen) atoms. The fraction of sp³-hybridized carbons (Fsp3) is 0.750. The third-order valence-corrected chi connectivity index (χ3v) is 2.53. The molecule has 0 bridgehead atoms. The molecule has 0 saturated carbocycles. The van der Waals surface area contributed by atoms with Crippen LogP contribution in [-0.2, 0) is 14.8 Å². The molecule has 0 aromatic heterocycles. The number of carbonyl (C=O) groups excluding carboxylic acids is 2. The van der Waals surface area contributed by atoms with E-state index in [1.807, 2.05) is 0 Å². The van der Waals surface area contributed by atoms with E-state index < -0.39 is 28.0 Å². The van der Waals surface area contributed by atoms with Crippen LogP contribution in [0.4, 0.5) is 4.79 Å². The van der Waals surface area contributed by atoms with Gasteiger partial charge in [0.05, 0.1) is 12.3 Å². The molecule has 0 radical (unpaired) electrons. The van der Waals surface area contributed by atoms with Gasteiger partial charge in [-0.25, -0.2) is 17.9 Å². The predicted octanol–water partition coefficient (Wildman–Crippen LogP) is -2.03. The minimum atomic E-state index is -3.22. The van der Waals surface area contributed by atoms with Crippen LogP contribution < -0.4 is 20.7 Å². The summed E-state index contributed by atoms with van der Waals surface area (Å²) in [5, 5.41) is 7.11. The fourth-order valence-electron chi connectivity index (χ4n) is 0.900. The number of rotatable bonds is 6. The Labute approximate surface area is 101 Å². The Kier molecular flexibility index (Phi) is 6.69. The molecule has 0 fully saturated rings. The van der Waals surface area contributed by atoms with Crippen molar-refractivity contribution in [3.05, 3.63) is 0 Å². The standard InChI is InChI=1S/C8H18N4O4S/c1-6(7(13)12-8(14)9-2)10-4-5-11-17(3,15)16/h6,10-11H,4-5H2,1-3H3,(H2,9,12,13,14). The SMILES string of the molecule is CNC(=O)NC(=O)C(C)NCCNS(C)(=O)=O. The van der Waals surface area contributed by atoms with Crippen molar-refractivity contribution in [2.24, 2.45) is 0 Å². The molecule has 4 N–H and O–H groups in total. The Morgan fingerprint density at radius 2 is 1.82 bits per heavy atom. The lowest BCUT2D eigenvalue weighted by molar-refractivity contribution is -0.121. The van der Waals surface area contributed by atoms with Crippen LogP contribution in [0, 0.1) is 0 Å². The highest BCUT2D eigenvalue weighted by Crippen LogP contribution is 1.81. The zero-order chi connectivity index (χ0) is 13.5. The second-order valence-corrected chi connectivity index (χ2v) is 5.24. The molecule has 3 amide bonds. The quantitative estimate of drug-likeness (QED) is 0.414. The summed E-state index contributed by atoms with van der Waals surface area (Å²) in [4.78, 5) is 22.2. The van der Waals surface area contributed by atoms with Crippen molar-refractivity contribution in [1.29, 1.82) is 0 Å².